The van der Waals surface area contributed by atoms with Gasteiger partial charge in [0.25, 0.3) is 0 Å². The highest BCUT2D eigenvalue weighted by molar-refractivity contribution is 5.72. The van der Waals surface area contributed by atoms with Crippen molar-refractivity contribution < 1.29 is 24.1 Å². The Hall–Kier alpha value is -3.08. The molecule has 3 aliphatic rings. The van der Waals surface area contributed by atoms with Crippen molar-refractivity contribution in [3.05, 3.63) is 58.2 Å². The molecule has 0 saturated heterocycles. The molecular formula is C26H28O5. The topological polar surface area (TPSA) is 57.2 Å². The number of benzene rings is 2. The van der Waals surface area contributed by atoms with Gasteiger partial charge >= 0.3 is 0 Å². The minimum Gasteiger partial charge on any atom is -0.507 e. The Labute approximate surface area is 182 Å². The largest absolute Gasteiger partial charge is 0.507 e. The fourth-order valence-corrected chi connectivity index (χ4v) is 4.66. The summed E-state index contributed by atoms with van der Waals surface area (Å²) >= 11 is 0. The summed E-state index contributed by atoms with van der Waals surface area (Å²) in [5, 5.41) is 10.7. The summed E-state index contributed by atoms with van der Waals surface area (Å²) in [4.78, 5) is 0. The third-order valence-corrected chi connectivity index (χ3v) is 6.20. The number of rotatable bonds is 3. The van der Waals surface area contributed by atoms with E-state index in [1.54, 1.807) is 13.2 Å². The quantitative estimate of drug-likeness (QED) is 0.645. The van der Waals surface area contributed by atoms with E-state index in [-0.39, 0.29) is 23.4 Å². The number of phenolic OH excluding ortho intramolecular Hbond substituents is 1. The SMILES string of the molecule is COc1c(CC=C(C)C)c(O)cc2c1[C@@H]1Oc3c(ccc4c3C=CC(C)(C)O4)[C@@H]1CO2. The Morgan fingerprint density at radius 2 is 2.06 bits per heavy atom. The summed E-state index contributed by atoms with van der Waals surface area (Å²) in [5.74, 6) is 3.15. The van der Waals surface area contributed by atoms with E-state index in [4.69, 9.17) is 18.9 Å². The molecule has 2 atom stereocenters. The molecule has 31 heavy (non-hydrogen) atoms. The Morgan fingerprint density at radius 1 is 1.26 bits per heavy atom. The normalized spacial score (nSPS) is 21.5. The van der Waals surface area contributed by atoms with Gasteiger partial charge in [0, 0.05) is 17.2 Å². The highest BCUT2D eigenvalue weighted by Gasteiger charge is 2.45. The molecule has 0 spiro atoms. The average molecular weight is 421 g/mol. The van der Waals surface area contributed by atoms with E-state index in [1.807, 2.05) is 33.8 Å². The fourth-order valence-electron chi connectivity index (χ4n) is 4.66. The summed E-state index contributed by atoms with van der Waals surface area (Å²) in [7, 11) is 1.63. The van der Waals surface area contributed by atoms with Crippen LogP contribution in [-0.2, 0) is 6.42 Å². The molecule has 3 aliphatic heterocycles. The molecule has 5 rings (SSSR count). The molecule has 0 aromatic heterocycles. The predicted octanol–water partition coefficient (Wildman–Crippen LogP) is 5.70. The van der Waals surface area contributed by atoms with Crippen LogP contribution in [0.5, 0.6) is 28.7 Å². The van der Waals surface area contributed by atoms with Crippen LogP contribution < -0.4 is 18.9 Å². The first-order valence-electron chi connectivity index (χ1n) is 10.7. The highest BCUT2D eigenvalue weighted by atomic mass is 16.5. The lowest BCUT2D eigenvalue weighted by Crippen LogP contribution is -2.27. The molecule has 0 radical (unpaired) electrons. The smallest absolute Gasteiger partial charge is 0.141 e. The van der Waals surface area contributed by atoms with Crippen molar-refractivity contribution in [2.24, 2.45) is 0 Å². The van der Waals surface area contributed by atoms with Gasteiger partial charge in [-0.2, -0.15) is 0 Å². The number of methoxy groups -OCH3 is 1. The molecule has 1 N–H and O–H groups in total. The van der Waals surface area contributed by atoms with Crippen LogP contribution in [0.3, 0.4) is 0 Å². The van der Waals surface area contributed by atoms with Crippen molar-refractivity contribution in [1.82, 2.24) is 0 Å². The first-order valence-corrected chi connectivity index (χ1v) is 10.7. The zero-order chi connectivity index (χ0) is 21.9. The van der Waals surface area contributed by atoms with E-state index >= 15 is 0 Å². The third-order valence-electron chi connectivity index (χ3n) is 6.20. The monoisotopic (exact) mass is 420 g/mol. The minimum atomic E-state index is -0.344. The summed E-state index contributed by atoms with van der Waals surface area (Å²) < 4.78 is 24.6. The van der Waals surface area contributed by atoms with E-state index in [0.29, 0.717) is 24.5 Å². The third kappa shape index (κ3) is 3.14. The molecule has 5 nitrogen and oxygen atoms in total. The van der Waals surface area contributed by atoms with Gasteiger partial charge in [0.1, 0.15) is 40.5 Å². The first kappa shape index (κ1) is 19.9. The number of phenols is 1. The molecule has 0 unspecified atom stereocenters. The van der Waals surface area contributed by atoms with Crippen LogP contribution in [0.25, 0.3) is 6.08 Å². The molecule has 0 bridgehead atoms. The number of fused-ring (bicyclic) bond motifs is 7. The maximum Gasteiger partial charge on any atom is 0.141 e. The van der Waals surface area contributed by atoms with Crippen molar-refractivity contribution in [2.45, 2.75) is 51.7 Å². The average Bonchev–Trinajstić information content (AvgIpc) is 3.09. The Kier molecular flexibility index (Phi) is 4.47. The maximum absolute atomic E-state index is 10.7. The lowest BCUT2D eigenvalue weighted by atomic mass is 9.86. The highest BCUT2D eigenvalue weighted by Crippen LogP contribution is 2.58. The number of allylic oxidation sites excluding steroid dienone is 2. The number of hydrogen-bond donors (Lipinski definition) is 1. The van der Waals surface area contributed by atoms with E-state index in [0.717, 1.165) is 33.8 Å². The van der Waals surface area contributed by atoms with Crippen LogP contribution >= 0.6 is 0 Å². The summed E-state index contributed by atoms with van der Waals surface area (Å²) in [6, 6.07) is 5.80. The van der Waals surface area contributed by atoms with Crippen LogP contribution in [-0.4, -0.2) is 24.4 Å². The van der Waals surface area contributed by atoms with E-state index in [2.05, 4.69) is 24.3 Å². The van der Waals surface area contributed by atoms with Crippen LogP contribution in [0.1, 0.15) is 62.0 Å². The van der Waals surface area contributed by atoms with E-state index in [1.165, 1.54) is 5.57 Å². The molecule has 0 aliphatic carbocycles. The molecule has 5 heteroatoms. The van der Waals surface area contributed by atoms with Gasteiger partial charge in [0.2, 0.25) is 0 Å². The van der Waals surface area contributed by atoms with Crippen LogP contribution in [0, 0.1) is 0 Å². The Balaban J connectivity index is 1.61. The second-order valence-electron chi connectivity index (χ2n) is 9.20. The van der Waals surface area contributed by atoms with Gasteiger partial charge in [-0.15, -0.1) is 0 Å². The Bertz CT molecular complexity index is 1120. The summed E-state index contributed by atoms with van der Waals surface area (Å²) in [6.45, 7) is 8.64. The fraction of sp³-hybridized carbons (Fsp3) is 0.385. The van der Waals surface area contributed by atoms with Gasteiger partial charge in [-0.3, -0.25) is 0 Å². The standard InChI is InChI=1S/C26H28O5/c1-14(2)6-7-16-19(27)12-21-22(24(16)28-5)25-18(13-29-21)15-8-9-20-17(23(15)30-25)10-11-26(3,4)31-20/h6,8-12,18,25,27H,7,13H2,1-5H3/t18-,25+/m0/s1. The lowest BCUT2D eigenvalue weighted by molar-refractivity contribution is 0.133. The molecule has 2 aromatic rings. The van der Waals surface area contributed by atoms with Gasteiger partial charge < -0.3 is 24.1 Å². The molecule has 2 aromatic carbocycles. The van der Waals surface area contributed by atoms with Crippen molar-refractivity contribution in [3.8, 4) is 28.7 Å². The number of ether oxygens (including phenoxy) is 4. The lowest BCUT2D eigenvalue weighted by Gasteiger charge is -2.30. The molecule has 3 heterocycles. The van der Waals surface area contributed by atoms with Gasteiger partial charge in [-0.05, 0) is 52.3 Å². The second-order valence-corrected chi connectivity index (χ2v) is 9.20. The van der Waals surface area contributed by atoms with E-state index < -0.39 is 0 Å². The van der Waals surface area contributed by atoms with Crippen molar-refractivity contribution in [2.75, 3.05) is 13.7 Å². The van der Waals surface area contributed by atoms with Gasteiger partial charge in [-0.25, -0.2) is 0 Å². The minimum absolute atomic E-state index is 0.0471. The van der Waals surface area contributed by atoms with E-state index in [9.17, 15) is 5.11 Å². The predicted molar refractivity (Wildman–Crippen MR) is 120 cm³/mol. The Morgan fingerprint density at radius 3 is 2.81 bits per heavy atom. The molecule has 0 fully saturated rings. The van der Waals surface area contributed by atoms with Crippen molar-refractivity contribution >= 4 is 6.08 Å². The summed E-state index contributed by atoms with van der Waals surface area (Å²) in [5.41, 5.74) is 4.53. The van der Waals surface area contributed by atoms with Gasteiger partial charge in [0.15, 0.2) is 0 Å². The van der Waals surface area contributed by atoms with Crippen LogP contribution in [0.4, 0.5) is 0 Å². The zero-order valence-electron chi connectivity index (χ0n) is 18.6. The second kappa shape index (κ2) is 6.98. The van der Waals surface area contributed by atoms with Gasteiger partial charge in [0.05, 0.1) is 30.8 Å². The van der Waals surface area contributed by atoms with Crippen molar-refractivity contribution in [3.63, 3.8) is 0 Å². The maximum atomic E-state index is 10.7. The molecule has 0 amide bonds. The van der Waals surface area contributed by atoms with Crippen LogP contribution in [0.15, 0.2) is 35.9 Å². The van der Waals surface area contributed by atoms with Crippen LogP contribution in [0.2, 0.25) is 0 Å². The van der Waals surface area contributed by atoms with Gasteiger partial charge in [-0.1, -0.05) is 17.7 Å². The molecule has 0 saturated carbocycles. The molecular weight excluding hydrogens is 392 g/mol. The van der Waals surface area contributed by atoms with Crippen molar-refractivity contribution in [1.29, 1.82) is 0 Å². The number of aromatic hydroxyl groups is 1. The number of hydrogen-bond acceptors (Lipinski definition) is 5. The zero-order valence-corrected chi connectivity index (χ0v) is 18.6. The molecule has 162 valence electrons. The summed E-state index contributed by atoms with van der Waals surface area (Å²) in [6.07, 6.45) is 6.56. The first-order chi connectivity index (χ1) is 14.8.